The molecule has 4 aliphatic heterocycles. The van der Waals surface area contributed by atoms with Crippen LogP contribution < -0.4 is 70.9 Å². The molecule has 29 nitrogen and oxygen atoms in total. The van der Waals surface area contributed by atoms with Crippen molar-refractivity contribution in [3.05, 3.63) is 59.7 Å². The van der Waals surface area contributed by atoms with E-state index in [0.29, 0.717) is 0 Å². The molecule has 31 heteroatoms. The molecule has 0 spiro atoms. The van der Waals surface area contributed by atoms with Crippen LogP contribution in [0.15, 0.2) is 48.5 Å². The Morgan fingerprint density at radius 1 is 0.840 bits per heavy atom. The number of aromatic hydroxyl groups is 1. The average Bonchev–Trinajstić information content (AvgIpc) is 3.95. The number of hydrogen-bond acceptors (Lipinski definition) is 23. The van der Waals surface area contributed by atoms with Gasteiger partial charge in [-0.25, -0.2) is 4.79 Å². The van der Waals surface area contributed by atoms with Gasteiger partial charge in [-0.3, -0.25) is 33.8 Å². The smallest absolute Gasteiger partial charge is 0.691 e. The molecule has 2 aromatic rings. The van der Waals surface area contributed by atoms with Crippen molar-refractivity contribution in [1.29, 1.82) is 0 Å². The number of amides is 7. The topological polar surface area (TPSA) is 418 Å². The summed E-state index contributed by atoms with van der Waals surface area (Å²) in [6.07, 6.45) is -14.0. The normalized spacial score (nSPS) is 29.5. The number of ether oxygens (including phenoxy) is 3. The van der Waals surface area contributed by atoms with Crippen molar-refractivity contribution >= 4 is 53.9 Å². The molecule has 7 amide bonds. The number of nitrogens with zero attached hydrogens (tertiary/aromatic N) is 2. The van der Waals surface area contributed by atoms with E-state index in [1.165, 1.54) is 33.8 Å². The summed E-state index contributed by atoms with van der Waals surface area (Å²) >= 11 is 0.0195. The predicted octanol–water partition coefficient (Wildman–Crippen LogP) is -7.30. The van der Waals surface area contributed by atoms with Gasteiger partial charge in [-0.2, -0.15) is 0 Å². The molecular formula is C50H71N8NaO21S. The third-order valence-electron chi connectivity index (χ3n) is 13.6. The number of β-amino-alcohol motifs (C(OH)–C–C–N with tert-alkyl or cyclic N) is 1. The monoisotopic (exact) mass is 1170 g/mol. The number of rotatable bonds is 15. The van der Waals surface area contributed by atoms with Gasteiger partial charge in [0.15, 0.2) is 17.8 Å². The largest absolute Gasteiger partial charge is 1.00 e. The van der Waals surface area contributed by atoms with Crippen LogP contribution in [0.2, 0.25) is 0 Å². The number of benzene rings is 2. The number of aliphatic hydroxyl groups is 6. The Morgan fingerprint density at radius 3 is 2.15 bits per heavy atom. The number of hydrogen-bond donors (Lipinski definition) is 13. The molecule has 6 rings (SSSR count). The van der Waals surface area contributed by atoms with E-state index in [2.05, 4.69) is 41.3 Å². The van der Waals surface area contributed by atoms with Crippen LogP contribution in [0.4, 0.5) is 4.79 Å². The fourth-order valence-corrected chi connectivity index (χ4v) is 9.82. The van der Waals surface area contributed by atoms with E-state index < -0.39 is 176 Å². The Kier molecular flexibility index (Phi) is 25.2. The summed E-state index contributed by atoms with van der Waals surface area (Å²) in [4.78, 5) is 102. The quantitative estimate of drug-likeness (QED) is 0.0259. The zero-order valence-electron chi connectivity index (χ0n) is 45.5. The van der Waals surface area contributed by atoms with Gasteiger partial charge in [0.2, 0.25) is 35.4 Å². The Labute approximate surface area is 492 Å². The molecule has 0 bridgehead atoms. The van der Waals surface area contributed by atoms with E-state index in [1.807, 2.05) is 30.3 Å². The first-order valence-electron chi connectivity index (χ1n) is 25.9. The number of alkyl carbamates (subject to hydrolysis) is 1. The van der Waals surface area contributed by atoms with Crippen LogP contribution in [-0.4, -0.2) is 211 Å². The van der Waals surface area contributed by atoms with Crippen molar-refractivity contribution < 1.29 is 132 Å². The molecular weight excluding hydrogens is 1100 g/mol. The van der Waals surface area contributed by atoms with Crippen molar-refractivity contribution in [2.24, 2.45) is 5.92 Å². The number of fused-ring (bicyclic) bond motifs is 2. The van der Waals surface area contributed by atoms with E-state index in [9.17, 15) is 74.6 Å². The molecule has 0 radical (unpaired) electrons. The van der Waals surface area contributed by atoms with Crippen molar-refractivity contribution in [3.8, 4) is 11.5 Å². The van der Waals surface area contributed by atoms with Crippen LogP contribution in [0.3, 0.4) is 0 Å². The number of nitrogens with one attached hydrogen (secondary N) is 6. The van der Waals surface area contributed by atoms with Gasteiger partial charge in [0.25, 0.3) is 12.3 Å². The minimum absolute atomic E-state index is 0. The Morgan fingerprint density at radius 2 is 1.49 bits per heavy atom. The van der Waals surface area contributed by atoms with Gasteiger partial charge in [0, 0.05) is 50.4 Å². The van der Waals surface area contributed by atoms with Gasteiger partial charge in [0.1, 0.15) is 41.9 Å². The minimum Gasteiger partial charge on any atom is -0.691 e. The maximum absolute atomic E-state index is 15.0. The molecule has 0 aliphatic carbocycles. The van der Waals surface area contributed by atoms with Crippen LogP contribution in [0.25, 0.3) is 0 Å². The first-order valence-corrected chi connectivity index (χ1v) is 26.5. The van der Waals surface area contributed by atoms with E-state index in [1.54, 1.807) is 0 Å². The third kappa shape index (κ3) is 18.5. The Hall–Kier alpha value is -5.00. The van der Waals surface area contributed by atoms with E-state index in [-0.39, 0.29) is 85.9 Å². The number of aliphatic hydroxyl groups excluding tert-OH is 6. The van der Waals surface area contributed by atoms with Crippen molar-refractivity contribution in [2.45, 2.75) is 151 Å². The molecule has 13 N–H and O–H groups in total. The number of phenolic OH excluding ortho intramolecular Hbond substituents is 1. The standard InChI is InChI=1S/C50H72N8O21S.Na/c1-24-20-58-40(41(24)65)45(69)52-19-29(60)17-31(53-49(72)76-50(3,4)5)42(66)54-37(25(2)59)46(70)57-21-30(61)18-32(57)43(67)55-38(35(64)15-26-11-12-33(62)36(16-26)77-80-79-78-73)44(68)56-39(47(58)71)34(63)13-14-51-28-22-74-48(75-23-28)27-9-7-6-8-10-27;/h6-12,16,24-25,28-32,34-35,37-41,48,51,59-65,73H,13-15,17-23H2,1-5H3,(H,52,69)(H,53,72)(H,54,66)(H,55,67)(H,56,68);/q;+1/p-1/t24-,25+,28?,29+,30+,31+,32-,34+,35+,37-,38-,39-,40-,41-,48?;/m0./s1. The van der Waals surface area contributed by atoms with E-state index in [0.717, 1.165) is 34.4 Å². The summed E-state index contributed by atoms with van der Waals surface area (Å²) in [5.41, 5.74) is -0.183. The fraction of sp³-hybridized carbons (Fsp3) is 0.620. The first kappa shape index (κ1) is 66.8. The molecule has 4 saturated heterocycles. The fourth-order valence-electron chi connectivity index (χ4n) is 9.57. The first-order chi connectivity index (χ1) is 37.8. The molecule has 4 fully saturated rings. The minimum atomic E-state index is -2.12. The number of carbonyl (C=O) groups excluding carboxylic acids is 7. The summed E-state index contributed by atoms with van der Waals surface area (Å²) < 4.78 is 26.3. The summed E-state index contributed by atoms with van der Waals surface area (Å²) in [6, 6.07) is 1.15. The Bertz CT molecular complexity index is 2460. The van der Waals surface area contributed by atoms with Crippen LogP contribution in [0, 0.1) is 5.92 Å². The van der Waals surface area contributed by atoms with Crippen LogP contribution >= 0.6 is 12.3 Å². The summed E-state index contributed by atoms with van der Waals surface area (Å²) in [5.74, 6) is -8.55. The van der Waals surface area contributed by atoms with Gasteiger partial charge in [-0.05, 0) is 58.4 Å². The molecule has 444 valence electrons. The average molecular weight is 1180 g/mol. The zero-order valence-corrected chi connectivity index (χ0v) is 48.3. The van der Waals surface area contributed by atoms with Crippen LogP contribution in [0.5, 0.6) is 11.5 Å². The van der Waals surface area contributed by atoms with Crippen molar-refractivity contribution in [1.82, 2.24) is 41.7 Å². The summed E-state index contributed by atoms with van der Waals surface area (Å²) in [7, 11) is 0. The molecule has 0 unspecified atom stereocenters. The molecule has 81 heavy (non-hydrogen) atoms. The van der Waals surface area contributed by atoms with E-state index >= 15 is 0 Å². The molecule has 0 aromatic heterocycles. The second-order valence-corrected chi connectivity index (χ2v) is 21.5. The predicted molar refractivity (Wildman–Crippen MR) is 273 cm³/mol. The van der Waals surface area contributed by atoms with Crippen LogP contribution in [-0.2, 0) is 58.8 Å². The van der Waals surface area contributed by atoms with E-state index in [4.69, 9.17) is 18.4 Å². The summed E-state index contributed by atoms with van der Waals surface area (Å²) in [6.45, 7) is 6.01. The van der Waals surface area contributed by atoms with Gasteiger partial charge in [-0.1, -0.05) is 43.3 Å². The number of carbonyl (C=O) groups is 7. The summed E-state index contributed by atoms with van der Waals surface area (Å²) in [5, 5.41) is 108. The molecule has 0 saturated carbocycles. The SMILES string of the molecule is C[C@@H](O)[C@@H]1NC(=O)[C@H](NC(=O)OC(C)(C)C)C[C@@H](O)CNC(=O)[C@@H]2[C@@H](O)[C@@H](C)CN2C(=O)[C@H]([C@H](O)CCNC2COC(c3ccccc3)OC2)NC(=O)[C@H]([C@H](O)Cc2ccc(O)c(OSOO[O-])c2)NC(=O)[C@@H]2C[C@@H](O)CN2C1=O.[Na+]. The Balaban J connectivity index is 0.0000120. The molecule has 4 heterocycles. The third-order valence-corrected chi connectivity index (χ3v) is 14.0. The van der Waals surface area contributed by atoms with Gasteiger partial charge < -0.3 is 101 Å². The second-order valence-electron chi connectivity index (χ2n) is 21.1. The zero-order chi connectivity index (χ0) is 58.6. The van der Waals surface area contributed by atoms with Gasteiger partial charge in [0.05, 0.1) is 55.9 Å². The van der Waals surface area contributed by atoms with Crippen molar-refractivity contribution in [2.75, 3.05) is 39.4 Å². The molecule has 2 aromatic carbocycles. The molecule has 13 atom stereocenters. The van der Waals surface area contributed by atoms with Gasteiger partial charge in [-0.15, -0.1) is 4.33 Å². The van der Waals surface area contributed by atoms with Crippen LogP contribution in [0.1, 0.15) is 71.3 Å². The maximum Gasteiger partial charge on any atom is 1.00 e. The maximum atomic E-state index is 15.0. The van der Waals surface area contributed by atoms with Gasteiger partial charge >= 0.3 is 35.7 Å². The van der Waals surface area contributed by atoms with Crippen molar-refractivity contribution in [3.63, 3.8) is 0 Å². The molecule has 4 aliphatic rings. The second kappa shape index (κ2) is 30.5. The number of phenols is 1.